The second-order valence-electron chi connectivity index (χ2n) is 3.63. The van der Waals surface area contributed by atoms with Crippen LogP contribution in [0.2, 0.25) is 0 Å². The van der Waals surface area contributed by atoms with Gasteiger partial charge in [-0.3, -0.25) is 4.79 Å². The first-order valence-electron chi connectivity index (χ1n) is 4.92. The van der Waals surface area contributed by atoms with E-state index in [2.05, 4.69) is 0 Å². The standard InChI is InChI=1S/C13H16O2/c1-10(8-11(2)14)9-12-4-6-13(15-3)7-5-12/h4-8H,9H2,1-3H3/b10-8+. The van der Waals surface area contributed by atoms with Crippen LogP contribution in [0.25, 0.3) is 0 Å². The summed E-state index contributed by atoms with van der Waals surface area (Å²) in [4.78, 5) is 10.8. The number of ketones is 1. The third kappa shape index (κ3) is 3.98. The maximum Gasteiger partial charge on any atom is 0.152 e. The fourth-order valence-electron chi connectivity index (χ4n) is 1.46. The first-order valence-corrected chi connectivity index (χ1v) is 4.92. The summed E-state index contributed by atoms with van der Waals surface area (Å²) in [5, 5.41) is 0. The summed E-state index contributed by atoms with van der Waals surface area (Å²) >= 11 is 0. The van der Waals surface area contributed by atoms with Crippen molar-refractivity contribution in [2.24, 2.45) is 0 Å². The van der Waals surface area contributed by atoms with Crippen LogP contribution in [0.1, 0.15) is 19.4 Å². The molecule has 2 nitrogen and oxygen atoms in total. The Morgan fingerprint density at radius 1 is 1.27 bits per heavy atom. The molecule has 0 amide bonds. The van der Waals surface area contributed by atoms with Crippen molar-refractivity contribution < 1.29 is 9.53 Å². The van der Waals surface area contributed by atoms with Gasteiger partial charge in [0.15, 0.2) is 5.78 Å². The number of hydrogen-bond donors (Lipinski definition) is 0. The van der Waals surface area contributed by atoms with Gasteiger partial charge in [0.2, 0.25) is 0 Å². The highest BCUT2D eigenvalue weighted by Gasteiger charge is 1.97. The van der Waals surface area contributed by atoms with Crippen LogP contribution >= 0.6 is 0 Å². The Balaban J connectivity index is 2.69. The van der Waals surface area contributed by atoms with Gasteiger partial charge < -0.3 is 4.74 Å². The molecular formula is C13H16O2. The summed E-state index contributed by atoms with van der Waals surface area (Å²) in [6, 6.07) is 7.87. The first kappa shape index (κ1) is 11.5. The molecule has 0 aliphatic heterocycles. The molecule has 1 aromatic rings. The minimum atomic E-state index is 0.0982. The topological polar surface area (TPSA) is 26.3 Å². The van der Waals surface area contributed by atoms with Gasteiger partial charge >= 0.3 is 0 Å². The number of methoxy groups -OCH3 is 1. The van der Waals surface area contributed by atoms with Gasteiger partial charge in [-0.25, -0.2) is 0 Å². The van der Waals surface area contributed by atoms with Crippen molar-refractivity contribution >= 4 is 5.78 Å². The highest BCUT2D eigenvalue weighted by Crippen LogP contribution is 2.14. The molecule has 0 saturated heterocycles. The van der Waals surface area contributed by atoms with Gasteiger partial charge in [-0.2, -0.15) is 0 Å². The van der Waals surface area contributed by atoms with Crippen molar-refractivity contribution in [2.45, 2.75) is 20.3 Å². The number of benzene rings is 1. The zero-order valence-corrected chi connectivity index (χ0v) is 9.41. The van der Waals surface area contributed by atoms with Gasteiger partial charge in [0, 0.05) is 0 Å². The van der Waals surface area contributed by atoms with E-state index in [0.29, 0.717) is 0 Å². The summed E-state index contributed by atoms with van der Waals surface area (Å²) in [7, 11) is 1.65. The van der Waals surface area contributed by atoms with Crippen LogP contribution < -0.4 is 4.74 Å². The van der Waals surface area contributed by atoms with E-state index in [9.17, 15) is 4.79 Å². The van der Waals surface area contributed by atoms with Crippen molar-refractivity contribution in [3.05, 3.63) is 41.5 Å². The molecule has 0 unspecified atom stereocenters. The molecule has 2 heteroatoms. The van der Waals surface area contributed by atoms with Crippen molar-refractivity contribution in [1.82, 2.24) is 0 Å². The van der Waals surface area contributed by atoms with Gasteiger partial charge in [-0.1, -0.05) is 17.7 Å². The van der Waals surface area contributed by atoms with Gasteiger partial charge in [-0.05, 0) is 44.0 Å². The van der Waals surface area contributed by atoms with E-state index in [1.807, 2.05) is 31.2 Å². The summed E-state index contributed by atoms with van der Waals surface area (Å²) in [6.45, 7) is 3.53. The Hall–Kier alpha value is -1.57. The number of carbonyl (C=O) groups excluding carboxylic acids is 1. The number of allylic oxidation sites excluding steroid dienone is 2. The molecule has 1 aromatic carbocycles. The quantitative estimate of drug-likeness (QED) is 0.705. The van der Waals surface area contributed by atoms with Crippen molar-refractivity contribution in [2.75, 3.05) is 7.11 Å². The van der Waals surface area contributed by atoms with Crippen LogP contribution in [-0.4, -0.2) is 12.9 Å². The highest BCUT2D eigenvalue weighted by atomic mass is 16.5. The molecule has 80 valence electrons. The molecule has 0 spiro atoms. The van der Waals surface area contributed by atoms with E-state index in [1.54, 1.807) is 20.1 Å². The van der Waals surface area contributed by atoms with E-state index in [-0.39, 0.29) is 5.78 Å². The Morgan fingerprint density at radius 3 is 2.33 bits per heavy atom. The maximum absolute atomic E-state index is 10.8. The lowest BCUT2D eigenvalue weighted by Gasteiger charge is -2.03. The SMILES string of the molecule is COc1ccc(C/C(C)=C/C(C)=O)cc1. The van der Waals surface area contributed by atoms with Crippen LogP contribution in [0, 0.1) is 0 Å². The number of ether oxygens (including phenoxy) is 1. The molecule has 0 N–H and O–H groups in total. The van der Waals surface area contributed by atoms with Crippen molar-refractivity contribution in [1.29, 1.82) is 0 Å². The Labute approximate surface area is 90.6 Å². The van der Waals surface area contributed by atoms with Gasteiger partial charge in [-0.15, -0.1) is 0 Å². The highest BCUT2D eigenvalue weighted by molar-refractivity contribution is 5.87. The number of rotatable bonds is 4. The number of carbonyl (C=O) groups is 1. The van der Waals surface area contributed by atoms with Crippen molar-refractivity contribution in [3.8, 4) is 5.75 Å². The average Bonchev–Trinajstić information content (AvgIpc) is 2.17. The van der Waals surface area contributed by atoms with Crippen LogP contribution in [0.5, 0.6) is 5.75 Å². The smallest absolute Gasteiger partial charge is 0.152 e. The normalized spacial score (nSPS) is 11.3. The lowest BCUT2D eigenvalue weighted by molar-refractivity contribution is -0.112. The molecule has 0 aliphatic rings. The molecule has 0 aliphatic carbocycles. The molecule has 0 bridgehead atoms. The molecule has 15 heavy (non-hydrogen) atoms. The first-order chi connectivity index (χ1) is 7.11. The minimum absolute atomic E-state index is 0.0982. The molecule has 0 atom stereocenters. The molecule has 0 aromatic heterocycles. The predicted octanol–water partition coefficient (Wildman–Crippen LogP) is 2.77. The fourth-order valence-corrected chi connectivity index (χ4v) is 1.46. The lowest BCUT2D eigenvalue weighted by Crippen LogP contribution is -1.91. The second kappa shape index (κ2) is 5.35. The summed E-state index contributed by atoms with van der Waals surface area (Å²) in [6.07, 6.45) is 2.48. The second-order valence-corrected chi connectivity index (χ2v) is 3.63. The largest absolute Gasteiger partial charge is 0.497 e. The van der Waals surface area contributed by atoms with E-state index in [0.717, 1.165) is 17.7 Å². The van der Waals surface area contributed by atoms with Gasteiger partial charge in [0.05, 0.1) is 7.11 Å². The summed E-state index contributed by atoms with van der Waals surface area (Å²) in [5.74, 6) is 0.952. The van der Waals surface area contributed by atoms with Gasteiger partial charge in [0.25, 0.3) is 0 Å². The minimum Gasteiger partial charge on any atom is -0.497 e. The molecule has 1 rings (SSSR count). The lowest BCUT2D eigenvalue weighted by atomic mass is 10.1. The molecule has 0 fully saturated rings. The Bertz CT molecular complexity index is 361. The average molecular weight is 204 g/mol. The molecular weight excluding hydrogens is 188 g/mol. The number of hydrogen-bond acceptors (Lipinski definition) is 2. The van der Waals surface area contributed by atoms with Crippen LogP contribution in [-0.2, 0) is 11.2 Å². The monoisotopic (exact) mass is 204 g/mol. The van der Waals surface area contributed by atoms with Crippen LogP contribution in [0.15, 0.2) is 35.9 Å². The van der Waals surface area contributed by atoms with E-state index < -0.39 is 0 Å². The summed E-state index contributed by atoms with van der Waals surface area (Å²) in [5.41, 5.74) is 2.26. The molecule has 0 saturated carbocycles. The molecule has 0 radical (unpaired) electrons. The van der Waals surface area contributed by atoms with E-state index in [4.69, 9.17) is 4.74 Å². The summed E-state index contributed by atoms with van der Waals surface area (Å²) < 4.78 is 5.07. The molecule has 0 heterocycles. The third-order valence-electron chi connectivity index (χ3n) is 2.09. The zero-order chi connectivity index (χ0) is 11.3. The van der Waals surface area contributed by atoms with Gasteiger partial charge in [0.1, 0.15) is 5.75 Å². The van der Waals surface area contributed by atoms with E-state index in [1.165, 1.54) is 5.56 Å². The van der Waals surface area contributed by atoms with Crippen LogP contribution in [0.3, 0.4) is 0 Å². The maximum atomic E-state index is 10.8. The van der Waals surface area contributed by atoms with Crippen molar-refractivity contribution in [3.63, 3.8) is 0 Å². The predicted molar refractivity (Wildman–Crippen MR) is 61.1 cm³/mol. The van der Waals surface area contributed by atoms with Crippen LogP contribution in [0.4, 0.5) is 0 Å². The fraction of sp³-hybridized carbons (Fsp3) is 0.308. The van der Waals surface area contributed by atoms with E-state index >= 15 is 0 Å². The Kier molecular flexibility index (Phi) is 4.10. The third-order valence-corrected chi connectivity index (χ3v) is 2.09. The Morgan fingerprint density at radius 2 is 1.87 bits per heavy atom. The zero-order valence-electron chi connectivity index (χ0n) is 9.41.